The van der Waals surface area contributed by atoms with Crippen molar-refractivity contribution < 1.29 is 4.74 Å². The van der Waals surface area contributed by atoms with Crippen LogP contribution >= 0.6 is 0 Å². The molecule has 1 aromatic carbocycles. The number of hydrogen-bond acceptors (Lipinski definition) is 3. The van der Waals surface area contributed by atoms with Crippen molar-refractivity contribution in [3.05, 3.63) is 48.3 Å². The molecule has 0 bridgehead atoms. The fraction of sp³-hybridized carbons (Fsp3) is 0.308. The molecule has 4 heteroatoms. The maximum Gasteiger partial charge on any atom is 0.0819 e. The van der Waals surface area contributed by atoms with Crippen molar-refractivity contribution in [2.75, 3.05) is 13.2 Å². The summed E-state index contributed by atoms with van der Waals surface area (Å²) in [5.41, 5.74) is 7.85. The zero-order valence-corrected chi connectivity index (χ0v) is 9.91. The summed E-state index contributed by atoms with van der Waals surface area (Å²) in [5.74, 6) is 0. The summed E-state index contributed by atoms with van der Waals surface area (Å²) in [6.45, 7) is 3.13. The lowest BCUT2D eigenvalue weighted by Gasteiger charge is -2.08. The largest absolute Gasteiger partial charge is 0.380 e. The molecule has 0 aliphatic heterocycles. The van der Waals surface area contributed by atoms with Crippen molar-refractivity contribution in [2.45, 2.75) is 13.0 Å². The van der Waals surface area contributed by atoms with Crippen LogP contribution in [0.15, 0.2) is 42.6 Å². The maximum atomic E-state index is 5.97. The Morgan fingerprint density at radius 1 is 1.29 bits per heavy atom. The van der Waals surface area contributed by atoms with Crippen LogP contribution in [-0.4, -0.2) is 23.0 Å². The second-order valence-corrected chi connectivity index (χ2v) is 3.79. The summed E-state index contributed by atoms with van der Waals surface area (Å²) < 4.78 is 7.11. The molecule has 0 fully saturated rings. The molecule has 0 amide bonds. The Labute approximate surface area is 101 Å². The lowest BCUT2D eigenvalue weighted by Crippen LogP contribution is -2.18. The van der Waals surface area contributed by atoms with Gasteiger partial charge in [-0.3, -0.25) is 0 Å². The smallest absolute Gasteiger partial charge is 0.0819 e. The molecule has 0 spiro atoms. The zero-order chi connectivity index (χ0) is 12.1. The van der Waals surface area contributed by atoms with E-state index in [2.05, 4.69) is 5.10 Å². The van der Waals surface area contributed by atoms with Crippen molar-refractivity contribution in [1.82, 2.24) is 9.78 Å². The molecule has 2 N–H and O–H groups in total. The first-order chi connectivity index (χ1) is 8.31. The van der Waals surface area contributed by atoms with E-state index < -0.39 is 0 Å². The van der Waals surface area contributed by atoms with Gasteiger partial charge in [0.25, 0.3) is 0 Å². The highest BCUT2D eigenvalue weighted by molar-refractivity contribution is 5.30. The van der Waals surface area contributed by atoms with Crippen molar-refractivity contribution in [1.29, 1.82) is 0 Å². The van der Waals surface area contributed by atoms with Gasteiger partial charge >= 0.3 is 0 Å². The van der Waals surface area contributed by atoms with Gasteiger partial charge in [0.1, 0.15) is 0 Å². The summed E-state index contributed by atoms with van der Waals surface area (Å²) >= 11 is 0. The highest BCUT2D eigenvalue weighted by Crippen LogP contribution is 2.11. The SMILES string of the molecule is CCOCC(N)c1ccn(-c2ccccc2)n1. The Morgan fingerprint density at radius 3 is 2.76 bits per heavy atom. The predicted molar refractivity (Wildman–Crippen MR) is 67.0 cm³/mol. The highest BCUT2D eigenvalue weighted by Gasteiger charge is 2.09. The van der Waals surface area contributed by atoms with Crippen LogP contribution < -0.4 is 5.73 Å². The van der Waals surface area contributed by atoms with Gasteiger partial charge < -0.3 is 10.5 Å². The number of rotatable bonds is 5. The van der Waals surface area contributed by atoms with Crippen LogP contribution in [0.25, 0.3) is 5.69 Å². The molecule has 90 valence electrons. The molecule has 1 atom stereocenters. The first-order valence-corrected chi connectivity index (χ1v) is 5.75. The van der Waals surface area contributed by atoms with Crippen LogP contribution in [0.5, 0.6) is 0 Å². The molecule has 0 aliphatic rings. The van der Waals surface area contributed by atoms with Gasteiger partial charge in [0.05, 0.1) is 24.0 Å². The Morgan fingerprint density at radius 2 is 2.06 bits per heavy atom. The van der Waals surface area contributed by atoms with Crippen LogP contribution in [-0.2, 0) is 4.74 Å². The molecule has 2 rings (SSSR count). The fourth-order valence-corrected chi connectivity index (χ4v) is 1.59. The van der Waals surface area contributed by atoms with E-state index in [1.165, 1.54) is 0 Å². The van der Waals surface area contributed by atoms with Crippen LogP contribution in [0.2, 0.25) is 0 Å². The van der Waals surface area contributed by atoms with Crippen LogP contribution in [0.1, 0.15) is 18.7 Å². The highest BCUT2D eigenvalue weighted by atomic mass is 16.5. The number of benzene rings is 1. The van der Waals surface area contributed by atoms with E-state index in [-0.39, 0.29) is 6.04 Å². The number of para-hydroxylation sites is 1. The van der Waals surface area contributed by atoms with Gasteiger partial charge in [-0.1, -0.05) is 18.2 Å². The Balaban J connectivity index is 2.11. The minimum Gasteiger partial charge on any atom is -0.380 e. The molecular weight excluding hydrogens is 214 g/mol. The number of hydrogen-bond donors (Lipinski definition) is 1. The first kappa shape index (κ1) is 11.8. The number of aromatic nitrogens is 2. The second-order valence-electron chi connectivity index (χ2n) is 3.79. The molecule has 1 aromatic heterocycles. The molecule has 0 aliphatic carbocycles. The van der Waals surface area contributed by atoms with Crippen molar-refractivity contribution in [3.8, 4) is 5.69 Å². The third kappa shape index (κ3) is 2.93. The lowest BCUT2D eigenvalue weighted by atomic mass is 10.2. The van der Waals surface area contributed by atoms with Gasteiger partial charge in [0.2, 0.25) is 0 Å². The fourth-order valence-electron chi connectivity index (χ4n) is 1.59. The average Bonchev–Trinajstić information content (AvgIpc) is 2.86. The summed E-state index contributed by atoms with van der Waals surface area (Å²) in [5, 5.41) is 4.44. The van der Waals surface area contributed by atoms with Gasteiger partial charge in [-0.05, 0) is 25.1 Å². The van der Waals surface area contributed by atoms with Gasteiger partial charge in [-0.2, -0.15) is 5.10 Å². The molecule has 0 saturated heterocycles. The zero-order valence-electron chi connectivity index (χ0n) is 9.91. The molecule has 17 heavy (non-hydrogen) atoms. The normalized spacial score (nSPS) is 12.6. The Bertz CT molecular complexity index is 453. The lowest BCUT2D eigenvalue weighted by molar-refractivity contribution is 0.132. The molecular formula is C13H17N3O. The summed E-state index contributed by atoms with van der Waals surface area (Å²) in [4.78, 5) is 0. The Kier molecular flexibility index (Phi) is 3.90. The molecule has 1 unspecified atom stereocenters. The van der Waals surface area contributed by atoms with Gasteiger partial charge in [-0.15, -0.1) is 0 Å². The van der Waals surface area contributed by atoms with Crippen molar-refractivity contribution in [2.24, 2.45) is 5.73 Å². The number of nitrogens with zero attached hydrogens (tertiary/aromatic N) is 2. The van der Waals surface area contributed by atoms with Crippen molar-refractivity contribution in [3.63, 3.8) is 0 Å². The van der Waals surface area contributed by atoms with Crippen molar-refractivity contribution >= 4 is 0 Å². The van der Waals surface area contributed by atoms with Crippen LogP contribution in [0.4, 0.5) is 0 Å². The minimum absolute atomic E-state index is 0.167. The molecule has 0 radical (unpaired) electrons. The van der Waals surface area contributed by atoms with Gasteiger partial charge in [0, 0.05) is 12.8 Å². The molecule has 1 heterocycles. The molecule has 2 aromatic rings. The second kappa shape index (κ2) is 5.61. The van der Waals surface area contributed by atoms with E-state index in [0.717, 1.165) is 11.4 Å². The summed E-state index contributed by atoms with van der Waals surface area (Å²) in [6.07, 6.45) is 1.91. The van der Waals surface area contributed by atoms with E-state index >= 15 is 0 Å². The molecule has 4 nitrogen and oxygen atoms in total. The summed E-state index contributed by atoms with van der Waals surface area (Å²) in [6, 6.07) is 11.7. The monoisotopic (exact) mass is 231 g/mol. The number of nitrogens with two attached hydrogens (primary N) is 1. The van der Waals surface area contributed by atoms with E-state index in [9.17, 15) is 0 Å². The Hall–Kier alpha value is -1.65. The maximum absolute atomic E-state index is 5.97. The summed E-state index contributed by atoms with van der Waals surface area (Å²) in [7, 11) is 0. The van der Waals surface area contributed by atoms with Gasteiger partial charge in [-0.25, -0.2) is 4.68 Å². The van der Waals surface area contributed by atoms with Gasteiger partial charge in [0.15, 0.2) is 0 Å². The predicted octanol–water partition coefficient (Wildman–Crippen LogP) is 1.91. The van der Waals surface area contributed by atoms with E-state index in [4.69, 9.17) is 10.5 Å². The van der Waals surface area contributed by atoms with Crippen LogP contribution in [0.3, 0.4) is 0 Å². The number of ether oxygens (including phenoxy) is 1. The third-order valence-corrected chi connectivity index (χ3v) is 2.51. The topological polar surface area (TPSA) is 53.1 Å². The van der Waals surface area contributed by atoms with E-state index in [1.54, 1.807) is 0 Å². The van der Waals surface area contributed by atoms with Crippen LogP contribution in [0, 0.1) is 0 Å². The van der Waals surface area contributed by atoms with E-state index in [1.807, 2.05) is 54.2 Å². The third-order valence-electron chi connectivity index (χ3n) is 2.51. The first-order valence-electron chi connectivity index (χ1n) is 5.75. The average molecular weight is 231 g/mol. The quantitative estimate of drug-likeness (QED) is 0.855. The minimum atomic E-state index is -0.167. The standard InChI is InChI=1S/C13H17N3O/c1-2-17-10-12(14)13-8-9-16(15-13)11-6-4-3-5-7-11/h3-9,12H,2,10,14H2,1H3. The van der Waals surface area contributed by atoms with E-state index in [0.29, 0.717) is 13.2 Å². The molecule has 0 saturated carbocycles.